The van der Waals surface area contributed by atoms with E-state index in [4.69, 9.17) is 4.74 Å². The maximum atomic E-state index is 12.7. The van der Waals surface area contributed by atoms with Gasteiger partial charge in [0.2, 0.25) is 0 Å². The number of nitrogens with one attached hydrogen (secondary N) is 1. The minimum Gasteiger partial charge on any atom is -0.493 e. The molecule has 0 atom stereocenters. The van der Waals surface area contributed by atoms with Gasteiger partial charge in [0.1, 0.15) is 5.75 Å². The van der Waals surface area contributed by atoms with Crippen molar-refractivity contribution in [2.24, 2.45) is 0 Å². The van der Waals surface area contributed by atoms with Crippen LogP contribution in [0, 0.1) is 0 Å². The predicted octanol–water partition coefficient (Wildman–Crippen LogP) is 4.88. The first-order valence-corrected chi connectivity index (χ1v) is 8.47. The summed E-state index contributed by atoms with van der Waals surface area (Å²) in [5, 5.41) is 1.44. The second-order valence-electron chi connectivity index (χ2n) is 5.21. The van der Waals surface area contributed by atoms with Gasteiger partial charge in [-0.25, -0.2) is 0 Å². The molecule has 1 aromatic carbocycles. The summed E-state index contributed by atoms with van der Waals surface area (Å²) >= 11 is 3.36. The average molecular weight is 392 g/mol. The zero-order valence-electron chi connectivity index (χ0n) is 12.4. The summed E-state index contributed by atoms with van der Waals surface area (Å²) in [6.45, 7) is 0.432. The fourth-order valence-electron chi connectivity index (χ4n) is 2.26. The van der Waals surface area contributed by atoms with Gasteiger partial charge in [0.25, 0.3) is 5.56 Å². The van der Waals surface area contributed by atoms with Crippen molar-refractivity contribution in [3.63, 3.8) is 0 Å². The Morgan fingerprint density at radius 1 is 1.09 bits per heavy atom. The summed E-state index contributed by atoms with van der Waals surface area (Å²) in [6, 6.07) is 4.52. The normalized spacial score (nSPS) is 11.8. The molecule has 0 spiro atoms. The Morgan fingerprint density at radius 3 is 2.52 bits per heavy atom. The van der Waals surface area contributed by atoms with Crippen molar-refractivity contribution in [3.05, 3.63) is 40.2 Å². The molecule has 126 valence electrons. The fourth-order valence-corrected chi connectivity index (χ4v) is 2.65. The number of H-pyrrole nitrogens is 1. The van der Waals surface area contributed by atoms with Crippen molar-refractivity contribution < 1.29 is 17.9 Å². The van der Waals surface area contributed by atoms with Gasteiger partial charge in [-0.05, 0) is 31.0 Å². The number of rotatable bonds is 7. The molecule has 0 saturated carbocycles. The van der Waals surface area contributed by atoms with E-state index in [2.05, 4.69) is 20.9 Å². The lowest BCUT2D eigenvalue weighted by Crippen LogP contribution is -2.09. The van der Waals surface area contributed by atoms with Crippen LogP contribution in [0.5, 0.6) is 5.75 Å². The molecule has 23 heavy (non-hydrogen) atoms. The lowest BCUT2D eigenvalue weighted by Gasteiger charge is -2.11. The quantitative estimate of drug-likeness (QED) is 0.539. The molecule has 0 unspecified atom stereocenters. The van der Waals surface area contributed by atoms with Crippen LogP contribution in [0.4, 0.5) is 13.2 Å². The maximum absolute atomic E-state index is 12.7. The lowest BCUT2D eigenvalue weighted by atomic mass is 10.1. The van der Waals surface area contributed by atoms with Gasteiger partial charge in [0.15, 0.2) is 0 Å². The number of ether oxygens (including phenoxy) is 1. The van der Waals surface area contributed by atoms with Gasteiger partial charge >= 0.3 is 6.18 Å². The van der Waals surface area contributed by atoms with Gasteiger partial charge in [-0.3, -0.25) is 4.79 Å². The second kappa shape index (κ2) is 7.86. The third-order valence-electron chi connectivity index (χ3n) is 3.42. The predicted molar refractivity (Wildman–Crippen MR) is 87.3 cm³/mol. The summed E-state index contributed by atoms with van der Waals surface area (Å²) in [5.41, 5.74) is -1.15. The van der Waals surface area contributed by atoms with E-state index in [1.54, 1.807) is 0 Å². The van der Waals surface area contributed by atoms with Gasteiger partial charge in [-0.1, -0.05) is 28.8 Å². The number of hydrogen-bond acceptors (Lipinski definition) is 2. The van der Waals surface area contributed by atoms with Gasteiger partial charge in [0, 0.05) is 16.8 Å². The molecular formula is C16H17BrF3NO2. The molecule has 0 radical (unpaired) electrons. The van der Waals surface area contributed by atoms with E-state index in [1.807, 2.05) is 0 Å². The zero-order chi connectivity index (χ0) is 16.9. The van der Waals surface area contributed by atoms with Crippen LogP contribution in [0.3, 0.4) is 0 Å². The van der Waals surface area contributed by atoms with Gasteiger partial charge in [-0.2, -0.15) is 13.2 Å². The molecule has 0 aliphatic carbocycles. The fraction of sp³-hybridized carbons (Fsp3) is 0.438. The van der Waals surface area contributed by atoms with E-state index in [1.165, 1.54) is 12.1 Å². The van der Waals surface area contributed by atoms with Crippen LogP contribution in [-0.4, -0.2) is 16.9 Å². The Balaban J connectivity index is 2.15. The number of pyridine rings is 1. The van der Waals surface area contributed by atoms with Crippen LogP contribution in [-0.2, 0) is 6.18 Å². The summed E-state index contributed by atoms with van der Waals surface area (Å²) < 4.78 is 43.8. The van der Waals surface area contributed by atoms with Crippen LogP contribution in [0.2, 0.25) is 0 Å². The number of aromatic nitrogens is 1. The zero-order valence-corrected chi connectivity index (χ0v) is 14.0. The van der Waals surface area contributed by atoms with Crippen molar-refractivity contribution in [2.75, 3.05) is 11.9 Å². The molecule has 0 bridgehead atoms. The molecule has 0 aliphatic rings. The summed E-state index contributed by atoms with van der Waals surface area (Å²) in [5.74, 6) is 0.318. The maximum Gasteiger partial charge on any atom is 0.416 e. The minimum atomic E-state index is -4.45. The minimum absolute atomic E-state index is 0.126. The van der Waals surface area contributed by atoms with Crippen molar-refractivity contribution >= 4 is 26.8 Å². The van der Waals surface area contributed by atoms with Crippen molar-refractivity contribution in [2.45, 2.75) is 31.9 Å². The first-order chi connectivity index (χ1) is 10.9. The molecule has 1 aromatic heterocycles. The second-order valence-corrected chi connectivity index (χ2v) is 6.00. The Morgan fingerprint density at radius 2 is 1.83 bits per heavy atom. The van der Waals surface area contributed by atoms with Crippen molar-refractivity contribution in [3.8, 4) is 5.75 Å². The van der Waals surface area contributed by atoms with Crippen molar-refractivity contribution in [1.82, 2.24) is 4.98 Å². The number of hydrogen-bond donors (Lipinski definition) is 1. The highest BCUT2D eigenvalue weighted by Gasteiger charge is 2.30. The number of benzene rings is 1. The van der Waals surface area contributed by atoms with E-state index in [0.717, 1.165) is 43.1 Å². The van der Waals surface area contributed by atoms with Crippen LogP contribution >= 0.6 is 15.9 Å². The molecule has 7 heteroatoms. The topological polar surface area (TPSA) is 42.1 Å². The number of alkyl halides is 4. The summed E-state index contributed by atoms with van der Waals surface area (Å²) in [6.07, 6.45) is -0.432. The molecule has 3 nitrogen and oxygen atoms in total. The summed E-state index contributed by atoms with van der Waals surface area (Å²) in [7, 11) is 0. The Kier molecular flexibility index (Phi) is 6.10. The third kappa shape index (κ3) is 4.99. The highest BCUT2D eigenvalue weighted by Crippen LogP contribution is 2.32. The average Bonchev–Trinajstić information content (AvgIpc) is 2.49. The number of aromatic amines is 1. The molecule has 2 rings (SSSR count). The number of halogens is 4. The monoisotopic (exact) mass is 391 g/mol. The summed E-state index contributed by atoms with van der Waals surface area (Å²) in [4.78, 5) is 14.0. The molecule has 2 aromatic rings. The number of unbranched alkanes of at least 4 members (excludes halogenated alkanes) is 3. The smallest absolute Gasteiger partial charge is 0.416 e. The molecule has 1 N–H and O–H groups in total. The largest absolute Gasteiger partial charge is 0.493 e. The first-order valence-electron chi connectivity index (χ1n) is 7.35. The highest BCUT2D eigenvalue weighted by molar-refractivity contribution is 9.09. The van der Waals surface area contributed by atoms with Crippen LogP contribution in [0.1, 0.15) is 31.2 Å². The standard InChI is InChI=1S/C16H17BrF3NO2/c17-7-3-1-2-4-8-23-14-10-15(22)21-13-9-11(16(18,19)20)5-6-12(13)14/h5-6,9-10H,1-4,7-8H2,(H,21,22). The van der Waals surface area contributed by atoms with Gasteiger partial charge < -0.3 is 9.72 Å². The molecule has 0 fully saturated rings. The van der Waals surface area contributed by atoms with E-state index >= 15 is 0 Å². The Hall–Kier alpha value is -1.50. The van der Waals surface area contributed by atoms with Crippen LogP contribution in [0.25, 0.3) is 10.9 Å². The third-order valence-corrected chi connectivity index (χ3v) is 3.98. The Bertz CT molecular complexity index is 713. The lowest BCUT2D eigenvalue weighted by molar-refractivity contribution is -0.137. The molecule has 1 heterocycles. The van der Waals surface area contributed by atoms with Gasteiger partial charge in [-0.15, -0.1) is 0 Å². The molecule has 0 saturated heterocycles. The van der Waals surface area contributed by atoms with E-state index in [0.29, 0.717) is 17.7 Å². The van der Waals surface area contributed by atoms with Crippen molar-refractivity contribution in [1.29, 1.82) is 0 Å². The highest BCUT2D eigenvalue weighted by atomic mass is 79.9. The first kappa shape index (κ1) is 17.8. The van der Waals surface area contributed by atoms with E-state index in [-0.39, 0.29) is 5.52 Å². The van der Waals surface area contributed by atoms with E-state index in [9.17, 15) is 18.0 Å². The number of fused-ring (bicyclic) bond motifs is 1. The van der Waals surface area contributed by atoms with Crippen LogP contribution < -0.4 is 10.3 Å². The molecule has 0 aliphatic heterocycles. The Labute approximate surface area is 140 Å². The van der Waals surface area contributed by atoms with Crippen LogP contribution in [0.15, 0.2) is 29.1 Å². The van der Waals surface area contributed by atoms with Gasteiger partial charge in [0.05, 0.1) is 17.7 Å². The molecular weight excluding hydrogens is 375 g/mol. The SMILES string of the molecule is O=c1cc(OCCCCCCBr)c2ccc(C(F)(F)F)cc2[nH]1. The van der Waals surface area contributed by atoms with E-state index < -0.39 is 17.3 Å². The molecule has 0 amide bonds.